The van der Waals surface area contributed by atoms with Crippen molar-refractivity contribution in [3.05, 3.63) is 72.0 Å². The van der Waals surface area contributed by atoms with Crippen LogP contribution in [0.2, 0.25) is 0 Å². The van der Waals surface area contributed by atoms with Gasteiger partial charge in [-0.2, -0.15) is 0 Å². The molecule has 0 fully saturated rings. The molecule has 36 heavy (non-hydrogen) atoms. The van der Waals surface area contributed by atoms with Crippen molar-refractivity contribution >= 4 is 49.9 Å². The molecule has 0 saturated carbocycles. The lowest BCUT2D eigenvalue weighted by molar-refractivity contribution is -0.136. The molecule has 2 aromatic carbocycles. The largest absolute Gasteiger partial charge is 0.457 e. The van der Waals surface area contributed by atoms with Crippen molar-refractivity contribution < 1.29 is 14.6 Å². The molecule has 8 nitrogen and oxygen atoms in total. The van der Waals surface area contributed by atoms with E-state index in [9.17, 15) is 9.90 Å². The summed E-state index contributed by atoms with van der Waals surface area (Å²) < 4.78 is 9.33. The number of ether oxygens (including phenoxy) is 1. The van der Waals surface area contributed by atoms with E-state index in [1.807, 2.05) is 48.0 Å². The van der Waals surface area contributed by atoms with Gasteiger partial charge in [-0.15, -0.1) is 11.3 Å². The topological polar surface area (TPSA) is 101 Å². The van der Waals surface area contributed by atoms with Crippen LogP contribution in [0, 0.1) is 6.92 Å². The van der Waals surface area contributed by atoms with Gasteiger partial charge in [0.25, 0.3) is 5.91 Å². The van der Waals surface area contributed by atoms with E-state index in [0.717, 1.165) is 33.8 Å². The fourth-order valence-corrected chi connectivity index (χ4v) is 4.74. The number of aromatic nitrogens is 3. The van der Waals surface area contributed by atoms with Gasteiger partial charge in [0.1, 0.15) is 28.9 Å². The number of fused-ring (bicyclic) bond motifs is 2. The highest BCUT2D eigenvalue weighted by atomic mass is 32.1. The Bertz CT molecular complexity index is 1550. The Kier molecular flexibility index (Phi) is 6.34. The van der Waals surface area contributed by atoms with Gasteiger partial charge in [0.15, 0.2) is 5.82 Å². The predicted molar refractivity (Wildman–Crippen MR) is 143 cm³/mol. The molecule has 0 atom stereocenters. The highest BCUT2D eigenvalue weighted by Crippen LogP contribution is 2.32. The molecule has 0 radical (unpaired) electrons. The smallest absolute Gasteiger partial charge is 0.251 e. The summed E-state index contributed by atoms with van der Waals surface area (Å²) in [5.41, 5.74) is 2.07. The third-order valence-corrected chi connectivity index (χ3v) is 6.72. The molecule has 3 heterocycles. The third kappa shape index (κ3) is 5.02. The number of rotatable bonds is 8. The van der Waals surface area contributed by atoms with E-state index in [1.165, 1.54) is 30.3 Å². The lowest BCUT2D eigenvalue weighted by Crippen LogP contribution is -2.43. The molecule has 0 aliphatic heterocycles. The number of aryl methyl sites for hydroxylation is 1. The van der Waals surface area contributed by atoms with Crippen molar-refractivity contribution in [1.29, 1.82) is 0 Å². The van der Waals surface area contributed by atoms with Gasteiger partial charge in [0, 0.05) is 29.7 Å². The lowest BCUT2D eigenvalue weighted by Gasteiger charge is -2.17. The van der Waals surface area contributed by atoms with Crippen molar-refractivity contribution in [1.82, 2.24) is 19.9 Å². The SMILES string of the molecule is Cc1cc(Nc2ncnc3ccn(CCNC(=O)C(C)(C)O)c23)ccc1Oc1ccc2ccsc2c1. The van der Waals surface area contributed by atoms with E-state index in [1.54, 1.807) is 11.3 Å². The molecule has 0 aliphatic rings. The Morgan fingerprint density at radius 3 is 2.81 bits per heavy atom. The molecule has 9 heteroatoms. The Labute approximate surface area is 212 Å². The van der Waals surface area contributed by atoms with Crippen molar-refractivity contribution in [2.75, 3.05) is 11.9 Å². The van der Waals surface area contributed by atoms with Crippen LogP contribution in [-0.2, 0) is 11.3 Å². The van der Waals surface area contributed by atoms with Gasteiger partial charge in [-0.1, -0.05) is 0 Å². The summed E-state index contributed by atoms with van der Waals surface area (Å²) in [5, 5.41) is 19.3. The zero-order chi connectivity index (χ0) is 25.3. The summed E-state index contributed by atoms with van der Waals surface area (Å²) >= 11 is 1.69. The highest BCUT2D eigenvalue weighted by molar-refractivity contribution is 7.17. The van der Waals surface area contributed by atoms with Crippen LogP contribution >= 0.6 is 11.3 Å². The molecule has 5 rings (SSSR count). The number of nitrogens with zero attached hydrogens (tertiary/aromatic N) is 3. The van der Waals surface area contributed by atoms with Crippen LogP contribution < -0.4 is 15.4 Å². The van der Waals surface area contributed by atoms with Crippen LogP contribution in [0.25, 0.3) is 21.1 Å². The maximum Gasteiger partial charge on any atom is 0.251 e. The van der Waals surface area contributed by atoms with Crippen molar-refractivity contribution in [3.8, 4) is 11.5 Å². The number of amides is 1. The number of nitrogens with one attached hydrogen (secondary N) is 2. The van der Waals surface area contributed by atoms with Crippen LogP contribution in [-0.4, -0.2) is 37.7 Å². The fourth-order valence-electron chi connectivity index (χ4n) is 3.92. The number of carbonyl (C=O) groups is 1. The maximum atomic E-state index is 12.0. The normalized spacial score (nSPS) is 11.7. The number of thiophene rings is 1. The minimum Gasteiger partial charge on any atom is -0.457 e. The van der Waals surface area contributed by atoms with Crippen LogP contribution in [0.4, 0.5) is 11.5 Å². The van der Waals surface area contributed by atoms with Crippen LogP contribution in [0.5, 0.6) is 11.5 Å². The van der Waals surface area contributed by atoms with E-state index < -0.39 is 11.5 Å². The summed E-state index contributed by atoms with van der Waals surface area (Å²) in [6.45, 7) is 5.80. The standard InChI is InChI=1S/C27H27N5O3S/c1-17-14-19(5-7-22(17)35-20-6-4-18-9-13-36-23(18)15-20)31-25-24-21(29-16-30-25)8-11-32(24)12-10-28-26(33)27(2,3)34/h4-9,11,13-16,34H,10,12H2,1-3H3,(H,28,33)(H,29,30,31). The zero-order valence-corrected chi connectivity index (χ0v) is 21.1. The summed E-state index contributed by atoms with van der Waals surface area (Å²) in [6.07, 6.45) is 3.43. The van der Waals surface area contributed by atoms with Gasteiger partial charge in [-0.05, 0) is 85.6 Å². The molecule has 0 unspecified atom stereocenters. The van der Waals surface area contributed by atoms with Gasteiger partial charge in [0.05, 0.1) is 5.52 Å². The summed E-state index contributed by atoms with van der Waals surface area (Å²) in [7, 11) is 0. The first-order valence-electron chi connectivity index (χ1n) is 11.6. The second-order valence-electron chi connectivity index (χ2n) is 9.11. The van der Waals surface area contributed by atoms with Gasteiger partial charge in [0.2, 0.25) is 0 Å². The molecule has 0 bridgehead atoms. The number of carbonyl (C=O) groups excluding carboxylic acids is 1. The molecule has 184 valence electrons. The molecule has 3 N–H and O–H groups in total. The molecule has 3 aromatic heterocycles. The van der Waals surface area contributed by atoms with E-state index in [2.05, 4.69) is 44.2 Å². The van der Waals surface area contributed by atoms with Crippen LogP contribution in [0.15, 0.2) is 66.4 Å². The molecule has 0 saturated heterocycles. The lowest BCUT2D eigenvalue weighted by atomic mass is 10.1. The second kappa shape index (κ2) is 9.60. The predicted octanol–water partition coefficient (Wildman–Crippen LogP) is 5.38. The first-order valence-corrected chi connectivity index (χ1v) is 12.5. The van der Waals surface area contributed by atoms with E-state index in [0.29, 0.717) is 18.9 Å². The first-order chi connectivity index (χ1) is 17.3. The average Bonchev–Trinajstić information content (AvgIpc) is 3.47. The Balaban J connectivity index is 1.32. The highest BCUT2D eigenvalue weighted by Gasteiger charge is 2.23. The Morgan fingerprint density at radius 2 is 2.00 bits per heavy atom. The molecule has 1 amide bonds. The minimum absolute atomic E-state index is 0.364. The van der Waals surface area contributed by atoms with Gasteiger partial charge < -0.3 is 25.0 Å². The van der Waals surface area contributed by atoms with E-state index in [-0.39, 0.29) is 0 Å². The van der Waals surface area contributed by atoms with E-state index in [4.69, 9.17) is 4.74 Å². The number of aliphatic hydroxyl groups is 1. The Hall–Kier alpha value is -3.95. The summed E-state index contributed by atoms with van der Waals surface area (Å²) in [4.78, 5) is 20.8. The van der Waals surface area contributed by atoms with E-state index >= 15 is 0 Å². The molecule has 0 aliphatic carbocycles. The molecular weight excluding hydrogens is 474 g/mol. The van der Waals surface area contributed by atoms with Crippen LogP contribution in [0.3, 0.4) is 0 Å². The molecule has 0 spiro atoms. The summed E-state index contributed by atoms with van der Waals surface area (Å²) in [5.74, 6) is 1.84. The van der Waals surface area contributed by atoms with Crippen molar-refractivity contribution in [2.24, 2.45) is 0 Å². The van der Waals surface area contributed by atoms with Crippen molar-refractivity contribution in [2.45, 2.75) is 32.9 Å². The molecular formula is C27H27N5O3S. The first kappa shape index (κ1) is 23.8. The number of hydrogen-bond donors (Lipinski definition) is 3. The van der Waals surface area contributed by atoms with Gasteiger partial charge in [-0.25, -0.2) is 9.97 Å². The minimum atomic E-state index is -1.42. The number of benzene rings is 2. The van der Waals surface area contributed by atoms with Gasteiger partial charge >= 0.3 is 0 Å². The zero-order valence-electron chi connectivity index (χ0n) is 20.3. The maximum absolute atomic E-state index is 12.0. The quantitative estimate of drug-likeness (QED) is 0.264. The monoisotopic (exact) mass is 501 g/mol. The second-order valence-corrected chi connectivity index (χ2v) is 10.1. The van der Waals surface area contributed by atoms with Crippen molar-refractivity contribution in [3.63, 3.8) is 0 Å². The fraction of sp³-hybridized carbons (Fsp3) is 0.222. The molecule has 5 aromatic rings. The van der Waals surface area contributed by atoms with Crippen LogP contribution in [0.1, 0.15) is 19.4 Å². The Morgan fingerprint density at radius 1 is 1.14 bits per heavy atom. The van der Waals surface area contributed by atoms with Gasteiger partial charge in [-0.3, -0.25) is 4.79 Å². The average molecular weight is 502 g/mol. The number of hydrogen-bond acceptors (Lipinski definition) is 7. The third-order valence-electron chi connectivity index (χ3n) is 5.84. The number of anilines is 2. The summed E-state index contributed by atoms with van der Waals surface area (Å²) in [6, 6.07) is 16.0.